The van der Waals surface area contributed by atoms with Crippen molar-refractivity contribution in [3.63, 3.8) is 0 Å². The van der Waals surface area contributed by atoms with Crippen LogP contribution >= 0.6 is 0 Å². The number of para-hydroxylation sites is 2. The van der Waals surface area contributed by atoms with E-state index < -0.39 is 0 Å². The van der Waals surface area contributed by atoms with Crippen LogP contribution in [0.2, 0.25) is 0 Å². The first-order chi connectivity index (χ1) is 30.2. The number of benzene rings is 9. The molecule has 0 saturated heterocycles. The predicted octanol–water partition coefficient (Wildman–Crippen LogP) is 13.5. The third kappa shape index (κ3) is 5.89. The Labute approximate surface area is 352 Å². The first kappa shape index (κ1) is 34.9. The molecule has 12 rings (SSSR count). The van der Waals surface area contributed by atoms with Crippen molar-refractivity contribution in [3.05, 3.63) is 229 Å². The van der Waals surface area contributed by atoms with E-state index in [0.29, 0.717) is 5.84 Å². The molecule has 1 aliphatic rings. The highest BCUT2D eigenvalue weighted by Crippen LogP contribution is 2.42. The number of aliphatic imine (C=N–C) groups is 2. The van der Waals surface area contributed by atoms with Crippen molar-refractivity contribution in [1.29, 1.82) is 0 Å². The summed E-state index contributed by atoms with van der Waals surface area (Å²) in [5.74, 6) is 1.51. The normalized spacial score (nSPS) is 14.1. The molecule has 5 nitrogen and oxygen atoms in total. The first-order valence-corrected chi connectivity index (χ1v) is 20.7. The summed E-state index contributed by atoms with van der Waals surface area (Å²) in [5, 5.41) is 11.8. The van der Waals surface area contributed by atoms with Crippen molar-refractivity contribution in [2.24, 2.45) is 9.98 Å². The quantitative estimate of drug-likeness (QED) is 0.171. The molecule has 1 unspecified atom stereocenters. The number of pyridine rings is 1. The Morgan fingerprint density at radius 2 is 1.02 bits per heavy atom. The SMILES string of the molecule is c1ccc(C2=NC(c3ccccc3)NC(c3ccc(-c4ccc5c(c4)c4cc6c(cc4n5-c4ccccc4)c(-c4ccccc4)nc4ccccc46)c4ccccc34)=N2)cc1. The van der Waals surface area contributed by atoms with Gasteiger partial charge in [-0.15, -0.1) is 0 Å². The van der Waals surface area contributed by atoms with Crippen LogP contribution in [-0.4, -0.2) is 21.2 Å². The van der Waals surface area contributed by atoms with Gasteiger partial charge in [0.2, 0.25) is 0 Å². The lowest BCUT2D eigenvalue weighted by Crippen LogP contribution is -2.33. The van der Waals surface area contributed by atoms with Crippen LogP contribution < -0.4 is 5.32 Å². The fourth-order valence-corrected chi connectivity index (χ4v) is 9.17. The number of aromatic nitrogens is 2. The Morgan fingerprint density at radius 3 is 1.77 bits per heavy atom. The molecular weight excluding hydrogens is 743 g/mol. The maximum absolute atomic E-state index is 5.27. The molecule has 0 fully saturated rings. The van der Waals surface area contributed by atoms with Gasteiger partial charge in [-0.1, -0.05) is 170 Å². The molecule has 11 aromatic rings. The minimum Gasteiger partial charge on any atom is -0.344 e. The van der Waals surface area contributed by atoms with Crippen LogP contribution in [0.5, 0.6) is 0 Å². The lowest BCUT2D eigenvalue weighted by molar-refractivity contribution is 0.674. The maximum Gasteiger partial charge on any atom is 0.159 e. The molecule has 5 heteroatoms. The van der Waals surface area contributed by atoms with E-state index in [1.165, 1.54) is 16.2 Å². The molecule has 9 aromatic carbocycles. The summed E-state index contributed by atoms with van der Waals surface area (Å²) in [6.07, 6.45) is -0.278. The summed E-state index contributed by atoms with van der Waals surface area (Å²) >= 11 is 0. The zero-order valence-corrected chi connectivity index (χ0v) is 33.1. The summed E-state index contributed by atoms with van der Waals surface area (Å²) < 4.78 is 2.40. The Hall–Kier alpha value is -8.15. The van der Waals surface area contributed by atoms with Gasteiger partial charge in [-0.05, 0) is 75.3 Å². The second-order valence-electron chi connectivity index (χ2n) is 15.6. The van der Waals surface area contributed by atoms with Crippen molar-refractivity contribution in [2.75, 3.05) is 0 Å². The monoisotopic (exact) mass is 779 g/mol. The topological polar surface area (TPSA) is 54.6 Å². The van der Waals surface area contributed by atoms with E-state index in [2.05, 4.69) is 198 Å². The number of rotatable bonds is 6. The Kier molecular flexibility index (Phi) is 8.17. The molecule has 1 aliphatic heterocycles. The van der Waals surface area contributed by atoms with Crippen molar-refractivity contribution in [2.45, 2.75) is 6.17 Å². The van der Waals surface area contributed by atoms with Crippen LogP contribution in [0.1, 0.15) is 22.9 Å². The van der Waals surface area contributed by atoms with Crippen LogP contribution in [-0.2, 0) is 0 Å². The number of hydrogen-bond donors (Lipinski definition) is 1. The number of nitrogens with one attached hydrogen (secondary N) is 1. The van der Waals surface area contributed by atoms with Crippen molar-refractivity contribution >= 4 is 65.9 Å². The van der Waals surface area contributed by atoms with Crippen LogP contribution in [0.25, 0.3) is 82.3 Å². The molecule has 2 aromatic heterocycles. The van der Waals surface area contributed by atoms with E-state index in [1.54, 1.807) is 0 Å². The van der Waals surface area contributed by atoms with Gasteiger partial charge in [0.15, 0.2) is 5.84 Å². The Bertz CT molecular complexity index is 3540. The molecule has 1 atom stereocenters. The zero-order chi connectivity index (χ0) is 40.3. The molecule has 3 heterocycles. The van der Waals surface area contributed by atoms with Gasteiger partial charge in [0, 0.05) is 43.9 Å². The van der Waals surface area contributed by atoms with E-state index in [-0.39, 0.29) is 6.17 Å². The van der Waals surface area contributed by atoms with E-state index in [1.807, 2.05) is 24.3 Å². The lowest BCUT2D eigenvalue weighted by Gasteiger charge is -2.24. The molecule has 0 saturated carbocycles. The highest BCUT2D eigenvalue weighted by molar-refractivity contribution is 6.22. The molecular formula is C56H37N5. The van der Waals surface area contributed by atoms with Crippen LogP contribution in [0.15, 0.2) is 222 Å². The fraction of sp³-hybridized carbons (Fsp3) is 0.0179. The smallest absolute Gasteiger partial charge is 0.159 e. The molecule has 1 N–H and O–H groups in total. The van der Waals surface area contributed by atoms with E-state index in [4.69, 9.17) is 15.0 Å². The first-order valence-electron chi connectivity index (χ1n) is 20.7. The Morgan fingerprint density at radius 1 is 0.410 bits per heavy atom. The van der Waals surface area contributed by atoms with Crippen LogP contribution in [0.3, 0.4) is 0 Å². The summed E-state index contributed by atoms with van der Waals surface area (Å²) in [6.45, 7) is 0. The zero-order valence-electron chi connectivity index (χ0n) is 33.1. The molecule has 0 radical (unpaired) electrons. The van der Waals surface area contributed by atoms with Crippen molar-refractivity contribution in [3.8, 4) is 28.1 Å². The van der Waals surface area contributed by atoms with Gasteiger partial charge < -0.3 is 9.88 Å². The minimum atomic E-state index is -0.278. The van der Waals surface area contributed by atoms with Gasteiger partial charge in [-0.2, -0.15) is 0 Å². The summed E-state index contributed by atoms with van der Waals surface area (Å²) in [6, 6.07) is 75.2. The average Bonchev–Trinajstić information content (AvgIpc) is 3.66. The molecule has 286 valence electrons. The summed E-state index contributed by atoms with van der Waals surface area (Å²) in [4.78, 5) is 15.5. The molecule has 61 heavy (non-hydrogen) atoms. The summed E-state index contributed by atoms with van der Waals surface area (Å²) in [7, 11) is 0. The van der Waals surface area contributed by atoms with Crippen LogP contribution in [0.4, 0.5) is 0 Å². The lowest BCUT2D eigenvalue weighted by atomic mass is 9.93. The largest absolute Gasteiger partial charge is 0.344 e. The van der Waals surface area contributed by atoms with Gasteiger partial charge in [0.1, 0.15) is 12.0 Å². The van der Waals surface area contributed by atoms with E-state index >= 15 is 0 Å². The van der Waals surface area contributed by atoms with Gasteiger partial charge in [-0.3, -0.25) is 0 Å². The fourth-order valence-electron chi connectivity index (χ4n) is 9.17. The number of amidine groups is 2. The average molecular weight is 780 g/mol. The molecule has 0 bridgehead atoms. The standard InChI is InChI=1S/C56H37N5/c1-5-17-36(18-6-1)53-49-35-52-48(34-46(49)44-27-15-16-28-50(44)57-53)47-33-39(29-32-51(47)61(52)40-23-11-4-12-24-40)41-30-31-45(43-26-14-13-25-42(41)43)56-59-54(37-19-7-2-8-20-37)58-55(60-56)38-21-9-3-10-22-38/h1-35,54H,(H,58,59,60). The van der Waals surface area contributed by atoms with Crippen molar-refractivity contribution in [1.82, 2.24) is 14.9 Å². The molecule has 0 spiro atoms. The third-order valence-electron chi connectivity index (χ3n) is 12.0. The van der Waals surface area contributed by atoms with Gasteiger partial charge in [-0.25, -0.2) is 15.0 Å². The van der Waals surface area contributed by atoms with Crippen molar-refractivity contribution < 1.29 is 0 Å². The summed E-state index contributed by atoms with van der Waals surface area (Å²) in [5.41, 5.74) is 11.9. The highest BCUT2D eigenvalue weighted by Gasteiger charge is 2.24. The minimum absolute atomic E-state index is 0.278. The highest BCUT2D eigenvalue weighted by atomic mass is 15.2. The van der Waals surface area contributed by atoms with Crippen LogP contribution in [0, 0.1) is 0 Å². The maximum atomic E-state index is 5.27. The van der Waals surface area contributed by atoms with Gasteiger partial charge >= 0.3 is 0 Å². The third-order valence-corrected chi connectivity index (χ3v) is 12.0. The molecule has 0 amide bonds. The number of hydrogen-bond acceptors (Lipinski definition) is 4. The van der Waals surface area contributed by atoms with Gasteiger partial charge in [0.05, 0.1) is 22.2 Å². The molecule has 0 aliphatic carbocycles. The van der Waals surface area contributed by atoms with Gasteiger partial charge in [0.25, 0.3) is 0 Å². The predicted molar refractivity (Wildman–Crippen MR) is 254 cm³/mol. The second-order valence-corrected chi connectivity index (χ2v) is 15.6. The van der Waals surface area contributed by atoms with E-state index in [9.17, 15) is 0 Å². The van der Waals surface area contributed by atoms with E-state index in [0.717, 1.165) is 88.7 Å². The number of nitrogens with zero attached hydrogens (tertiary/aromatic N) is 4. The Balaban J connectivity index is 1.06. The number of fused-ring (bicyclic) bond motifs is 7. The second kappa shape index (κ2) is 14.3.